The average molecular weight is 458 g/mol. The molecule has 3 heterocycles. The Labute approximate surface area is 190 Å². The molecule has 1 fully saturated rings. The summed E-state index contributed by atoms with van der Waals surface area (Å²) in [5.74, 6) is 2.69. The number of hydrogen-bond donors (Lipinski definition) is 1. The minimum absolute atomic E-state index is 0.0204. The lowest BCUT2D eigenvalue weighted by atomic mass is 9.96. The van der Waals surface area contributed by atoms with Crippen molar-refractivity contribution < 1.29 is 18.8 Å². The van der Waals surface area contributed by atoms with Gasteiger partial charge < -0.3 is 19.3 Å². The highest BCUT2D eigenvalue weighted by atomic mass is 35.5. The van der Waals surface area contributed by atoms with Crippen molar-refractivity contribution in [1.29, 1.82) is 0 Å². The van der Waals surface area contributed by atoms with Crippen LogP contribution in [0.25, 0.3) is 11.4 Å². The van der Waals surface area contributed by atoms with Crippen LogP contribution in [-0.4, -0.2) is 53.2 Å². The quantitative estimate of drug-likeness (QED) is 0.573. The fourth-order valence-electron chi connectivity index (χ4n) is 3.63. The molecule has 4 rings (SSSR count). The molecule has 0 unspecified atom stereocenters. The van der Waals surface area contributed by atoms with Gasteiger partial charge in [-0.05, 0) is 56.3 Å². The van der Waals surface area contributed by atoms with Gasteiger partial charge in [-0.2, -0.15) is 4.98 Å². The molecule has 1 N–H and O–H groups in total. The van der Waals surface area contributed by atoms with Gasteiger partial charge in [-0.1, -0.05) is 16.8 Å². The van der Waals surface area contributed by atoms with Crippen LogP contribution in [0.4, 0.5) is 5.82 Å². The Morgan fingerprint density at radius 3 is 2.66 bits per heavy atom. The number of methoxy groups -OCH3 is 2. The number of halogens is 1. The van der Waals surface area contributed by atoms with Crippen LogP contribution >= 0.6 is 11.6 Å². The van der Waals surface area contributed by atoms with Gasteiger partial charge in [-0.25, -0.2) is 4.98 Å². The molecule has 1 aliphatic heterocycles. The predicted molar refractivity (Wildman–Crippen MR) is 119 cm³/mol. The summed E-state index contributed by atoms with van der Waals surface area (Å²) in [6.45, 7) is 2.06. The number of piperidine rings is 1. The second-order valence-electron chi connectivity index (χ2n) is 7.48. The Morgan fingerprint density at radius 1 is 1.19 bits per heavy atom. The number of benzene rings is 1. The summed E-state index contributed by atoms with van der Waals surface area (Å²) in [5, 5.41) is 7.48. The smallest absolute Gasteiger partial charge is 0.241 e. The van der Waals surface area contributed by atoms with Crippen LogP contribution in [0.15, 0.2) is 41.1 Å². The number of carbonyl (C=O) groups excluding carboxylic acids is 1. The minimum Gasteiger partial charge on any atom is -0.493 e. The lowest BCUT2D eigenvalue weighted by molar-refractivity contribution is -0.121. The summed E-state index contributed by atoms with van der Waals surface area (Å²) in [6, 6.07) is 8.87. The van der Waals surface area contributed by atoms with Gasteiger partial charge in [0.2, 0.25) is 17.6 Å². The van der Waals surface area contributed by atoms with Crippen molar-refractivity contribution in [3.05, 3.63) is 47.4 Å². The van der Waals surface area contributed by atoms with Crippen LogP contribution in [0.5, 0.6) is 11.5 Å². The third kappa shape index (κ3) is 5.17. The maximum Gasteiger partial charge on any atom is 0.241 e. The zero-order valence-electron chi connectivity index (χ0n) is 17.9. The molecule has 9 nitrogen and oxygen atoms in total. The topological polar surface area (TPSA) is 103 Å². The number of nitrogens with zero attached hydrogens (tertiary/aromatic N) is 4. The first-order valence-corrected chi connectivity index (χ1v) is 10.6. The molecule has 1 amide bonds. The first-order valence-electron chi connectivity index (χ1n) is 10.3. The van der Waals surface area contributed by atoms with Crippen LogP contribution in [0.3, 0.4) is 0 Å². The number of carbonyl (C=O) groups is 1. The maximum absolute atomic E-state index is 12.5. The van der Waals surface area contributed by atoms with Crippen molar-refractivity contribution in [1.82, 2.24) is 20.0 Å². The Bertz CT molecular complexity index is 1060. The molecule has 1 aliphatic rings. The molecule has 3 aromatic rings. The van der Waals surface area contributed by atoms with E-state index in [1.807, 2.05) is 12.1 Å². The van der Waals surface area contributed by atoms with Gasteiger partial charge in [0.25, 0.3) is 0 Å². The van der Waals surface area contributed by atoms with Crippen molar-refractivity contribution in [2.24, 2.45) is 5.92 Å². The van der Waals surface area contributed by atoms with Crippen LogP contribution in [-0.2, 0) is 11.3 Å². The van der Waals surface area contributed by atoms with E-state index in [1.54, 1.807) is 32.4 Å². The molecule has 0 radical (unpaired) electrons. The Balaban J connectivity index is 1.31. The first kappa shape index (κ1) is 22.0. The van der Waals surface area contributed by atoms with E-state index < -0.39 is 0 Å². The number of hydrogen-bond acceptors (Lipinski definition) is 8. The zero-order valence-corrected chi connectivity index (χ0v) is 18.6. The molecular weight excluding hydrogens is 434 g/mol. The van der Waals surface area contributed by atoms with E-state index in [2.05, 4.69) is 25.3 Å². The van der Waals surface area contributed by atoms with E-state index >= 15 is 0 Å². The van der Waals surface area contributed by atoms with Crippen LogP contribution in [0.2, 0.25) is 5.02 Å². The zero-order chi connectivity index (χ0) is 22.5. The number of ether oxygens (including phenoxy) is 2. The molecule has 2 aromatic heterocycles. The van der Waals surface area contributed by atoms with Gasteiger partial charge in [0.15, 0.2) is 11.5 Å². The number of pyridine rings is 1. The number of nitrogens with one attached hydrogen (secondary N) is 1. The molecule has 0 saturated carbocycles. The second kappa shape index (κ2) is 9.97. The molecule has 0 bridgehead atoms. The SMILES string of the molecule is COc1ccc(-c2noc(CN3CCC(C(=O)Nc4ccc(Cl)cn4)CC3)n2)cc1OC. The average Bonchev–Trinajstić information content (AvgIpc) is 3.29. The molecule has 0 spiro atoms. The van der Waals surface area contributed by atoms with Gasteiger partial charge in [0.1, 0.15) is 5.82 Å². The third-order valence-corrected chi connectivity index (χ3v) is 5.63. The third-order valence-electron chi connectivity index (χ3n) is 5.41. The Hall–Kier alpha value is -3.17. The van der Waals surface area contributed by atoms with Crippen LogP contribution in [0, 0.1) is 5.92 Å². The Morgan fingerprint density at radius 2 is 1.97 bits per heavy atom. The van der Waals surface area contributed by atoms with Gasteiger partial charge >= 0.3 is 0 Å². The van der Waals surface area contributed by atoms with E-state index in [1.165, 1.54) is 6.20 Å². The van der Waals surface area contributed by atoms with E-state index in [9.17, 15) is 4.79 Å². The van der Waals surface area contributed by atoms with E-state index in [4.69, 9.17) is 25.6 Å². The highest BCUT2D eigenvalue weighted by Crippen LogP contribution is 2.31. The largest absolute Gasteiger partial charge is 0.493 e. The van der Waals surface area contributed by atoms with E-state index in [0.29, 0.717) is 40.6 Å². The second-order valence-corrected chi connectivity index (χ2v) is 7.92. The summed E-state index contributed by atoms with van der Waals surface area (Å²) in [7, 11) is 3.17. The molecule has 0 atom stereocenters. The first-order chi connectivity index (χ1) is 15.6. The molecule has 0 aliphatic carbocycles. The summed E-state index contributed by atoms with van der Waals surface area (Å²) in [5.41, 5.74) is 0.781. The lowest BCUT2D eigenvalue weighted by Gasteiger charge is -2.30. The minimum atomic E-state index is -0.0614. The van der Waals surface area contributed by atoms with Crippen molar-refractivity contribution in [2.45, 2.75) is 19.4 Å². The number of anilines is 1. The molecule has 168 valence electrons. The van der Waals surface area contributed by atoms with Crippen molar-refractivity contribution >= 4 is 23.3 Å². The van der Waals surface area contributed by atoms with Crippen molar-refractivity contribution in [2.75, 3.05) is 32.6 Å². The van der Waals surface area contributed by atoms with Gasteiger partial charge in [-0.3, -0.25) is 9.69 Å². The molecule has 32 heavy (non-hydrogen) atoms. The van der Waals surface area contributed by atoms with Crippen LogP contribution in [0.1, 0.15) is 18.7 Å². The number of rotatable bonds is 7. The normalized spacial score (nSPS) is 14.8. The summed E-state index contributed by atoms with van der Waals surface area (Å²) in [4.78, 5) is 23.3. The van der Waals surface area contributed by atoms with Crippen molar-refractivity contribution in [3.8, 4) is 22.9 Å². The summed E-state index contributed by atoms with van der Waals surface area (Å²) in [6.07, 6.45) is 3.01. The van der Waals surface area contributed by atoms with Crippen LogP contribution < -0.4 is 14.8 Å². The highest BCUT2D eigenvalue weighted by molar-refractivity contribution is 6.30. The molecule has 10 heteroatoms. The highest BCUT2D eigenvalue weighted by Gasteiger charge is 2.26. The van der Waals surface area contributed by atoms with Crippen molar-refractivity contribution in [3.63, 3.8) is 0 Å². The fraction of sp³-hybridized carbons (Fsp3) is 0.364. The van der Waals surface area contributed by atoms with Gasteiger partial charge in [0, 0.05) is 17.7 Å². The summed E-state index contributed by atoms with van der Waals surface area (Å²) < 4.78 is 16.0. The fourth-order valence-corrected chi connectivity index (χ4v) is 3.75. The predicted octanol–water partition coefficient (Wildman–Crippen LogP) is 3.65. The van der Waals surface area contributed by atoms with E-state index in [0.717, 1.165) is 31.5 Å². The maximum atomic E-state index is 12.5. The number of likely N-dealkylation sites (tertiary alicyclic amines) is 1. The Kier molecular flexibility index (Phi) is 6.87. The standard InChI is InChI=1S/C22H24ClN5O4/c1-30-17-5-3-15(11-18(17)31-2)21-26-20(32-27-21)13-28-9-7-14(8-10-28)22(29)25-19-6-4-16(23)12-24-19/h3-6,11-12,14H,7-10,13H2,1-2H3,(H,24,25,29). The monoisotopic (exact) mass is 457 g/mol. The number of amides is 1. The van der Waals surface area contributed by atoms with E-state index in [-0.39, 0.29) is 11.8 Å². The van der Waals surface area contributed by atoms with Gasteiger partial charge in [0.05, 0.1) is 25.8 Å². The molecule has 1 saturated heterocycles. The lowest BCUT2D eigenvalue weighted by Crippen LogP contribution is -2.37. The molecule has 1 aromatic carbocycles. The van der Waals surface area contributed by atoms with Gasteiger partial charge in [-0.15, -0.1) is 0 Å². The molecular formula is C22H24ClN5O4. The summed E-state index contributed by atoms with van der Waals surface area (Å²) >= 11 is 5.83. The number of aromatic nitrogens is 3.